The topological polar surface area (TPSA) is 273 Å². The van der Waals surface area contributed by atoms with Crippen molar-refractivity contribution in [2.24, 2.45) is 0 Å². The molecule has 16 nitrogen and oxygen atoms in total. The van der Waals surface area contributed by atoms with Crippen LogP contribution in [0.5, 0.6) is 5.75 Å². The SMILES string of the molecule is O=C(/C=C/c1ccc(O)cc1)C1=C(O)C2=C(O[C@H]3[C@H](O)[C@H](O)[C@H](CO)O[C@@H]23)[C@](O)(O[C@@H]2O[C@H](CO)[C@@H](O)[C@H](O)[C@H]2O)C1=O. The quantitative estimate of drug-likeness (QED) is 0.0800. The Kier molecular flexibility index (Phi) is 8.47. The Morgan fingerprint density at radius 3 is 2.12 bits per heavy atom. The maximum Gasteiger partial charge on any atom is 0.294 e. The van der Waals surface area contributed by atoms with Crippen molar-refractivity contribution in [1.82, 2.24) is 0 Å². The molecule has 16 heteroatoms. The number of aliphatic hydroxyl groups is 9. The van der Waals surface area contributed by atoms with E-state index in [4.69, 9.17) is 18.9 Å². The Bertz CT molecular complexity index is 1350. The number of carbonyl (C=O) groups excluding carboxylic acids is 2. The molecule has 2 fully saturated rings. The zero-order valence-electron chi connectivity index (χ0n) is 22.1. The number of fused-ring (bicyclic) bond motifs is 2. The van der Waals surface area contributed by atoms with Gasteiger partial charge in [0.05, 0.1) is 18.8 Å². The summed E-state index contributed by atoms with van der Waals surface area (Å²) in [7, 11) is 0. The Hall–Kier alpha value is -3.26. The highest BCUT2D eigenvalue weighted by Gasteiger charge is 2.64. The first-order valence-corrected chi connectivity index (χ1v) is 13.1. The summed E-state index contributed by atoms with van der Waals surface area (Å²) in [6.45, 7) is -1.70. The maximum absolute atomic E-state index is 13.8. The van der Waals surface area contributed by atoms with Gasteiger partial charge in [-0.25, -0.2) is 0 Å². The maximum atomic E-state index is 13.8. The first-order valence-electron chi connectivity index (χ1n) is 13.1. The molecule has 10 N–H and O–H groups in total. The highest BCUT2D eigenvalue weighted by molar-refractivity contribution is 6.28. The number of allylic oxidation sites excluding steroid dienone is 1. The number of phenols is 1. The van der Waals surface area contributed by atoms with E-state index in [9.17, 15) is 60.7 Å². The number of hydrogen-bond acceptors (Lipinski definition) is 16. The van der Waals surface area contributed by atoms with E-state index in [0.717, 1.165) is 6.08 Å². The summed E-state index contributed by atoms with van der Waals surface area (Å²) in [5.41, 5.74) is -1.23. The second-order valence-electron chi connectivity index (χ2n) is 10.4. The highest BCUT2D eigenvalue weighted by atomic mass is 16.8. The minimum absolute atomic E-state index is 0.0575. The van der Waals surface area contributed by atoms with Crippen LogP contribution in [0, 0.1) is 0 Å². The van der Waals surface area contributed by atoms with Crippen molar-refractivity contribution in [3.8, 4) is 5.75 Å². The summed E-state index contributed by atoms with van der Waals surface area (Å²) in [6.07, 6.45) is -15.7. The van der Waals surface area contributed by atoms with Gasteiger partial charge < -0.3 is 70.0 Å². The van der Waals surface area contributed by atoms with Crippen LogP contribution in [0.4, 0.5) is 0 Å². The molecule has 0 unspecified atom stereocenters. The molecule has 1 aromatic carbocycles. The van der Waals surface area contributed by atoms with Crippen LogP contribution in [0.3, 0.4) is 0 Å². The normalized spacial score (nSPS) is 39.6. The first kappa shape index (κ1) is 31.2. The third-order valence-electron chi connectivity index (χ3n) is 7.69. The number of ketones is 2. The lowest BCUT2D eigenvalue weighted by atomic mass is 9.83. The van der Waals surface area contributed by atoms with E-state index in [0.29, 0.717) is 5.56 Å². The van der Waals surface area contributed by atoms with Crippen LogP contribution in [-0.4, -0.2) is 143 Å². The van der Waals surface area contributed by atoms with Crippen molar-refractivity contribution in [3.05, 3.63) is 58.6 Å². The molecule has 0 radical (unpaired) electrons. The van der Waals surface area contributed by atoms with E-state index in [2.05, 4.69) is 0 Å². The minimum atomic E-state index is -3.41. The highest BCUT2D eigenvalue weighted by Crippen LogP contribution is 2.48. The molecular weight excluding hydrogens is 580 g/mol. The molecule has 1 aliphatic carbocycles. The molecule has 43 heavy (non-hydrogen) atoms. The molecule has 0 amide bonds. The van der Waals surface area contributed by atoms with Crippen LogP contribution in [-0.2, 0) is 28.5 Å². The number of aromatic hydroxyl groups is 1. The number of hydrogen-bond donors (Lipinski definition) is 10. The average Bonchev–Trinajstić information content (AvgIpc) is 3.39. The third-order valence-corrected chi connectivity index (χ3v) is 7.69. The molecular formula is C27H30O16. The number of ether oxygens (including phenoxy) is 4. The molecule has 0 bridgehead atoms. The van der Waals surface area contributed by atoms with Gasteiger partial charge in [0.1, 0.15) is 65.9 Å². The molecule has 0 saturated carbocycles. The second kappa shape index (κ2) is 11.7. The number of Topliss-reactive ketones (excluding diaryl/α,β-unsaturated/α-hetero) is 1. The second-order valence-corrected chi connectivity index (χ2v) is 10.4. The lowest BCUT2D eigenvalue weighted by Gasteiger charge is -2.43. The van der Waals surface area contributed by atoms with Crippen LogP contribution in [0.25, 0.3) is 6.08 Å². The zero-order chi connectivity index (χ0) is 31.4. The van der Waals surface area contributed by atoms with Crippen LogP contribution < -0.4 is 0 Å². The number of aliphatic hydroxyl groups excluding tert-OH is 8. The van der Waals surface area contributed by atoms with Crippen molar-refractivity contribution < 1.29 is 79.6 Å². The molecule has 3 heterocycles. The number of phenolic OH excluding ortho intramolecular Hbond substituents is 1. The third kappa shape index (κ3) is 5.15. The van der Waals surface area contributed by atoms with Gasteiger partial charge in [0.25, 0.3) is 5.79 Å². The van der Waals surface area contributed by atoms with Gasteiger partial charge in [-0.2, -0.15) is 0 Å². The van der Waals surface area contributed by atoms with Crippen LogP contribution in [0.2, 0.25) is 0 Å². The lowest BCUT2D eigenvalue weighted by molar-refractivity contribution is -0.349. The van der Waals surface area contributed by atoms with Crippen molar-refractivity contribution in [1.29, 1.82) is 0 Å². The molecule has 5 rings (SSSR count). The van der Waals surface area contributed by atoms with Gasteiger partial charge in [0.2, 0.25) is 5.78 Å². The van der Waals surface area contributed by atoms with Crippen molar-refractivity contribution in [2.75, 3.05) is 13.2 Å². The van der Waals surface area contributed by atoms with Gasteiger partial charge in [-0.3, -0.25) is 9.59 Å². The van der Waals surface area contributed by atoms with Gasteiger partial charge in [-0.1, -0.05) is 18.2 Å². The van der Waals surface area contributed by atoms with Crippen LogP contribution >= 0.6 is 0 Å². The number of benzene rings is 1. The van der Waals surface area contributed by atoms with Gasteiger partial charge in [-0.15, -0.1) is 0 Å². The molecule has 0 spiro atoms. The molecule has 3 aliphatic heterocycles. The predicted molar refractivity (Wildman–Crippen MR) is 136 cm³/mol. The largest absolute Gasteiger partial charge is 0.508 e. The summed E-state index contributed by atoms with van der Waals surface area (Å²) >= 11 is 0. The Balaban J connectivity index is 1.58. The smallest absolute Gasteiger partial charge is 0.294 e. The Morgan fingerprint density at radius 2 is 1.49 bits per heavy atom. The zero-order valence-corrected chi connectivity index (χ0v) is 22.1. The Labute approximate surface area is 242 Å². The van der Waals surface area contributed by atoms with Crippen LogP contribution in [0.15, 0.2) is 53.0 Å². The van der Waals surface area contributed by atoms with Gasteiger partial charge in [0.15, 0.2) is 23.9 Å². The molecule has 2 saturated heterocycles. The number of rotatable bonds is 7. The molecule has 0 aromatic heterocycles. The fraction of sp³-hybridized carbons (Fsp3) is 0.481. The first-order chi connectivity index (χ1) is 20.3. The van der Waals surface area contributed by atoms with Gasteiger partial charge >= 0.3 is 0 Å². The summed E-state index contributed by atoms with van der Waals surface area (Å²) in [6, 6.07) is 5.51. The summed E-state index contributed by atoms with van der Waals surface area (Å²) < 4.78 is 21.8. The van der Waals surface area contributed by atoms with E-state index in [-0.39, 0.29) is 5.75 Å². The lowest BCUT2D eigenvalue weighted by Crippen LogP contribution is -2.62. The van der Waals surface area contributed by atoms with Crippen LogP contribution in [0.1, 0.15) is 5.56 Å². The van der Waals surface area contributed by atoms with E-state index >= 15 is 0 Å². The molecule has 11 atom stereocenters. The Morgan fingerprint density at radius 1 is 0.884 bits per heavy atom. The average molecular weight is 611 g/mol. The fourth-order valence-corrected chi connectivity index (χ4v) is 5.31. The fourth-order valence-electron chi connectivity index (χ4n) is 5.31. The van der Waals surface area contributed by atoms with E-state index in [1.165, 1.54) is 30.3 Å². The monoisotopic (exact) mass is 610 g/mol. The minimum Gasteiger partial charge on any atom is -0.508 e. The van der Waals surface area contributed by atoms with Crippen molar-refractivity contribution in [2.45, 2.75) is 67.0 Å². The molecule has 234 valence electrons. The van der Waals surface area contributed by atoms with E-state index in [1.807, 2.05) is 0 Å². The van der Waals surface area contributed by atoms with Crippen molar-refractivity contribution in [3.63, 3.8) is 0 Å². The van der Waals surface area contributed by atoms with Gasteiger partial charge in [0, 0.05) is 0 Å². The van der Waals surface area contributed by atoms with E-state index < -0.39 is 114 Å². The van der Waals surface area contributed by atoms with E-state index in [1.54, 1.807) is 0 Å². The standard InChI is InChI=1S/C27H30O16/c28-7-12-17(33)20(36)23-22(40-12)15-18(34)14(11(31)6-3-9-1-4-10(30)5-2-9)24(38)27(39,25(15)42-23)43-26-21(37)19(35)16(32)13(8-29)41-26/h1-6,12-13,16-17,19-23,26,28-30,32-37,39H,7-8H2/b6-3+/t12-,13+,16+,17+,19-,20+,21+,22-,23-,26-,27+/m0/s1. The summed E-state index contributed by atoms with van der Waals surface area (Å²) in [5.74, 6) is -8.23. The number of carbonyl (C=O) groups is 2. The van der Waals surface area contributed by atoms with Crippen molar-refractivity contribution >= 4 is 17.6 Å². The van der Waals surface area contributed by atoms with Gasteiger partial charge in [-0.05, 0) is 23.8 Å². The predicted octanol–water partition coefficient (Wildman–Crippen LogP) is -3.99. The molecule has 4 aliphatic rings. The summed E-state index contributed by atoms with van der Waals surface area (Å²) in [5, 5.41) is 103. The molecule has 1 aromatic rings. The summed E-state index contributed by atoms with van der Waals surface area (Å²) in [4.78, 5) is 27.1.